The minimum Gasteiger partial charge on any atom is -0.461 e. The molecule has 11 heteroatoms. The molecular formula is C19H20ClF2N5O3. The van der Waals surface area contributed by atoms with Crippen LogP contribution in [0.1, 0.15) is 22.5 Å². The molecule has 1 aromatic carbocycles. The van der Waals surface area contributed by atoms with Crippen molar-refractivity contribution in [2.24, 2.45) is 17.4 Å². The van der Waals surface area contributed by atoms with Crippen molar-refractivity contribution >= 4 is 29.2 Å². The summed E-state index contributed by atoms with van der Waals surface area (Å²) in [5.74, 6) is -0.788. The van der Waals surface area contributed by atoms with Crippen LogP contribution in [0, 0.1) is 5.92 Å². The molecule has 0 radical (unpaired) electrons. The molecule has 3 atom stereocenters. The Hall–Kier alpha value is -2.98. The molecule has 1 heterocycles. The molecule has 160 valence electrons. The summed E-state index contributed by atoms with van der Waals surface area (Å²) < 4.78 is 31.1. The average molecular weight is 440 g/mol. The highest BCUT2D eigenvalue weighted by molar-refractivity contribution is 6.31. The average Bonchev–Trinajstić information content (AvgIpc) is 3.45. The Morgan fingerprint density at radius 2 is 2.03 bits per heavy atom. The molecule has 2 aromatic rings. The number of rotatable bonds is 8. The number of hydrogen-bond acceptors (Lipinski definition) is 5. The summed E-state index contributed by atoms with van der Waals surface area (Å²) in [7, 11) is 0. The fourth-order valence-corrected chi connectivity index (χ4v) is 3.65. The standard InChI is InChI=1S/C19H20ClF2N5O3/c20-14-3-1-10(26-17(28)16-4-2-11(7-25-16)30-9-22)5-12(14)19(8-21,27-18(24)29)13-6-15(13)23/h1-5,7,13,15H,6,8-9,23H2,(H,26,28)(H3,24,27,29)/t13-,15+,19+/m0/s1. The molecule has 0 bridgehead atoms. The van der Waals surface area contributed by atoms with Crippen LogP contribution in [0.5, 0.6) is 5.75 Å². The zero-order valence-electron chi connectivity index (χ0n) is 15.7. The van der Waals surface area contributed by atoms with Gasteiger partial charge in [0, 0.05) is 28.2 Å². The maximum Gasteiger partial charge on any atom is 0.312 e. The largest absolute Gasteiger partial charge is 0.461 e. The van der Waals surface area contributed by atoms with Gasteiger partial charge in [0.1, 0.15) is 23.7 Å². The molecule has 1 saturated carbocycles. The van der Waals surface area contributed by atoms with Crippen molar-refractivity contribution in [1.82, 2.24) is 10.3 Å². The first-order valence-corrected chi connectivity index (χ1v) is 9.34. The fourth-order valence-electron chi connectivity index (χ4n) is 3.37. The summed E-state index contributed by atoms with van der Waals surface area (Å²) >= 11 is 6.29. The monoisotopic (exact) mass is 439 g/mol. The lowest BCUT2D eigenvalue weighted by molar-refractivity contribution is 0.102. The number of hydrogen-bond donors (Lipinski definition) is 4. The number of anilines is 1. The molecule has 0 unspecified atom stereocenters. The number of pyridine rings is 1. The second kappa shape index (κ2) is 8.80. The Morgan fingerprint density at radius 3 is 2.57 bits per heavy atom. The van der Waals surface area contributed by atoms with Crippen molar-refractivity contribution in [3.05, 3.63) is 52.8 Å². The highest BCUT2D eigenvalue weighted by atomic mass is 35.5. The Kier molecular flexibility index (Phi) is 6.37. The Morgan fingerprint density at radius 1 is 1.30 bits per heavy atom. The maximum atomic E-state index is 14.2. The molecule has 3 rings (SSSR count). The van der Waals surface area contributed by atoms with E-state index in [1.54, 1.807) is 0 Å². The second-order valence-corrected chi connectivity index (χ2v) is 7.29. The van der Waals surface area contributed by atoms with Crippen molar-refractivity contribution in [2.75, 3.05) is 18.9 Å². The van der Waals surface area contributed by atoms with Gasteiger partial charge in [-0.05, 0) is 36.8 Å². The summed E-state index contributed by atoms with van der Waals surface area (Å²) in [5, 5.41) is 5.26. The quantitative estimate of drug-likeness (QED) is 0.501. The smallest absolute Gasteiger partial charge is 0.312 e. The van der Waals surface area contributed by atoms with Crippen LogP contribution in [0.3, 0.4) is 0 Å². The van der Waals surface area contributed by atoms with E-state index in [2.05, 4.69) is 20.4 Å². The Bertz CT molecular complexity index is 946. The molecule has 3 amide bonds. The normalized spacial score (nSPS) is 19.5. The predicted molar refractivity (Wildman–Crippen MR) is 107 cm³/mol. The lowest BCUT2D eigenvalue weighted by Gasteiger charge is -2.33. The van der Waals surface area contributed by atoms with Gasteiger partial charge in [-0.15, -0.1) is 0 Å². The first kappa shape index (κ1) is 21.7. The van der Waals surface area contributed by atoms with E-state index < -0.39 is 36.9 Å². The van der Waals surface area contributed by atoms with E-state index in [9.17, 15) is 18.4 Å². The molecule has 30 heavy (non-hydrogen) atoms. The molecule has 8 nitrogen and oxygen atoms in total. The summed E-state index contributed by atoms with van der Waals surface area (Å²) in [4.78, 5) is 27.9. The van der Waals surface area contributed by atoms with Gasteiger partial charge < -0.3 is 26.8 Å². The summed E-state index contributed by atoms with van der Waals surface area (Å²) in [6.45, 7) is -2.00. The number of halogens is 3. The number of aromatic nitrogens is 1. The molecule has 0 spiro atoms. The number of nitrogens with two attached hydrogens (primary N) is 2. The van der Waals surface area contributed by atoms with E-state index in [1.807, 2.05) is 0 Å². The number of amides is 3. The number of carbonyl (C=O) groups excluding carboxylic acids is 2. The lowest BCUT2D eigenvalue weighted by atomic mass is 9.85. The number of ether oxygens (including phenoxy) is 1. The van der Waals surface area contributed by atoms with E-state index in [4.69, 9.17) is 23.1 Å². The van der Waals surface area contributed by atoms with Crippen molar-refractivity contribution in [2.45, 2.75) is 18.0 Å². The van der Waals surface area contributed by atoms with Crippen LogP contribution in [0.15, 0.2) is 36.5 Å². The van der Waals surface area contributed by atoms with Crippen LogP contribution in [0.4, 0.5) is 19.3 Å². The number of nitrogens with zero attached hydrogens (tertiary/aromatic N) is 1. The zero-order chi connectivity index (χ0) is 21.9. The van der Waals surface area contributed by atoms with Crippen molar-refractivity contribution in [3.63, 3.8) is 0 Å². The van der Waals surface area contributed by atoms with Crippen LogP contribution in [0.25, 0.3) is 0 Å². The third-order valence-electron chi connectivity index (χ3n) is 4.92. The molecule has 0 aliphatic heterocycles. The van der Waals surface area contributed by atoms with Gasteiger partial charge in [-0.1, -0.05) is 11.6 Å². The highest BCUT2D eigenvalue weighted by Crippen LogP contribution is 2.47. The van der Waals surface area contributed by atoms with Gasteiger partial charge in [-0.25, -0.2) is 18.6 Å². The van der Waals surface area contributed by atoms with E-state index in [1.165, 1.54) is 36.5 Å². The predicted octanol–water partition coefficient (Wildman–Crippen LogP) is 2.47. The Labute approximate surface area is 175 Å². The first-order chi connectivity index (χ1) is 14.3. The summed E-state index contributed by atoms with van der Waals surface area (Å²) in [6.07, 6.45) is 1.69. The van der Waals surface area contributed by atoms with E-state index in [0.29, 0.717) is 12.1 Å². The number of carbonyl (C=O) groups is 2. The molecule has 1 aromatic heterocycles. The van der Waals surface area contributed by atoms with E-state index in [-0.39, 0.29) is 28.1 Å². The van der Waals surface area contributed by atoms with Crippen molar-refractivity contribution in [1.29, 1.82) is 0 Å². The van der Waals surface area contributed by atoms with Gasteiger partial charge in [0.15, 0.2) is 0 Å². The number of nitrogens with one attached hydrogen (secondary N) is 2. The molecule has 1 aliphatic carbocycles. The summed E-state index contributed by atoms with van der Waals surface area (Å²) in [6, 6.07) is 5.97. The molecular weight excluding hydrogens is 420 g/mol. The number of urea groups is 1. The molecule has 6 N–H and O–H groups in total. The number of alkyl halides is 2. The van der Waals surface area contributed by atoms with Crippen LogP contribution in [-0.2, 0) is 5.54 Å². The van der Waals surface area contributed by atoms with Gasteiger partial charge in [0.05, 0.1) is 6.20 Å². The molecule has 0 saturated heterocycles. The third-order valence-corrected chi connectivity index (χ3v) is 5.25. The molecule has 1 aliphatic rings. The van der Waals surface area contributed by atoms with Crippen molar-refractivity contribution < 1.29 is 23.1 Å². The zero-order valence-corrected chi connectivity index (χ0v) is 16.5. The van der Waals surface area contributed by atoms with Gasteiger partial charge in [0.2, 0.25) is 6.86 Å². The van der Waals surface area contributed by atoms with Gasteiger partial charge in [0.25, 0.3) is 5.91 Å². The third kappa shape index (κ3) is 4.44. The van der Waals surface area contributed by atoms with Gasteiger partial charge in [-0.2, -0.15) is 0 Å². The van der Waals surface area contributed by atoms with E-state index in [0.717, 1.165) is 0 Å². The SMILES string of the molecule is NC(=O)N[C@](CF)(c1cc(NC(=O)c2ccc(OCF)cn2)ccc1Cl)[C@H]1C[C@H]1N. The van der Waals surface area contributed by atoms with Crippen LogP contribution in [-0.4, -0.2) is 36.5 Å². The maximum absolute atomic E-state index is 14.2. The number of primary amides is 1. The molecule has 1 fully saturated rings. The van der Waals surface area contributed by atoms with Crippen LogP contribution >= 0.6 is 11.6 Å². The van der Waals surface area contributed by atoms with Crippen LogP contribution < -0.4 is 26.8 Å². The minimum atomic E-state index is -1.51. The first-order valence-electron chi connectivity index (χ1n) is 8.96. The minimum absolute atomic E-state index is 0.0499. The second-order valence-electron chi connectivity index (χ2n) is 6.88. The van der Waals surface area contributed by atoms with Gasteiger partial charge >= 0.3 is 6.03 Å². The van der Waals surface area contributed by atoms with Crippen LogP contribution in [0.2, 0.25) is 5.02 Å². The van der Waals surface area contributed by atoms with Gasteiger partial charge in [-0.3, -0.25) is 4.79 Å². The highest BCUT2D eigenvalue weighted by Gasteiger charge is 2.54. The fraction of sp³-hybridized carbons (Fsp3) is 0.316. The number of benzene rings is 1. The summed E-state index contributed by atoms with van der Waals surface area (Å²) in [5.41, 5.74) is 10.3. The Balaban J connectivity index is 1.88. The lowest BCUT2D eigenvalue weighted by Crippen LogP contribution is -2.52. The topological polar surface area (TPSA) is 132 Å². The van der Waals surface area contributed by atoms with E-state index >= 15 is 0 Å². The van der Waals surface area contributed by atoms with Crippen molar-refractivity contribution in [3.8, 4) is 5.75 Å².